The number of hydrogen-bond donors (Lipinski definition) is 2. The molecule has 5 heteroatoms. The fraction of sp³-hybridized carbons (Fsp3) is 0.300. The van der Waals surface area contributed by atoms with Gasteiger partial charge in [0.2, 0.25) is 0 Å². The summed E-state index contributed by atoms with van der Waals surface area (Å²) in [6.45, 7) is 3.60. The van der Waals surface area contributed by atoms with Gasteiger partial charge in [0.05, 0.1) is 24.8 Å². The zero-order valence-electron chi connectivity index (χ0n) is 14.4. The van der Waals surface area contributed by atoms with Crippen molar-refractivity contribution in [2.24, 2.45) is 0 Å². The van der Waals surface area contributed by atoms with Crippen molar-refractivity contribution < 1.29 is 9.47 Å². The summed E-state index contributed by atoms with van der Waals surface area (Å²) in [5.74, 6) is 1.61. The Balaban J connectivity index is 1.79. The first-order chi connectivity index (χ1) is 12.2. The molecule has 3 aromatic rings. The van der Waals surface area contributed by atoms with Crippen molar-refractivity contribution in [3.8, 4) is 11.5 Å². The summed E-state index contributed by atoms with van der Waals surface area (Å²) in [6, 6.07) is 12.3. The van der Waals surface area contributed by atoms with Crippen LogP contribution < -0.4 is 14.8 Å². The van der Waals surface area contributed by atoms with E-state index in [4.69, 9.17) is 21.1 Å². The van der Waals surface area contributed by atoms with Crippen molar-refractivity contribution in [2.45, 2.75) is 19.4 Å². The van der Waals surface area contributed by atoms with Crippen LogP contribution in [0.2, 0.25) is 5.02 Å². The van der Waals surface area contributed by atoms with Crippen LogP contribution >= 0.6 is 11.6 Å². The van der Waals surface area contributed by atoms with Crippen LogP contribution in [0.25, 0.3) is 10.9 Å². The van der Waals surface area contributed by atoms with Gasteiger partial charge < -0.3 is 19.8 Å². The molecule has 0 amide bonds. The Morgan fingerprint density at radius 1 is 1.20 bits per heavy atom. The summed E-state index contributed by atoms with van der Waals surface area (Å²) in [4.78, 5) is 3.59. The summed E-state index contributed by atoms with van der Waals surface area (Å²) >= 11 is 6.33. The standard InChI is InChI=1S/C20H21ClN2O2/c1-3-25-13-5-6-17-15(11-13)14-8-9-22-19(20(14)23-17)12-4-7-18(24-2)16(21)10-12/h4-7,10-11,19,22-23H,3,8-9H2,1-2H3. The number of fused-ring (bicyclic) bond motifs is 3. The minimum absolute atomic E-state index is 0.0927. The van der Waals surface area contributed by atoms with Gasteiger partial charge in [0, 0.05) is 23.1 Å². The van der Waals surface area contributed by atoms with Crippen molar-refractivity contribution in [2.75, 3.05) is 20.3 Å². The average molecular weight is 357 g/mol. The maximum atomic E-state index is 6.33. The molecule has 1 aliphatic rings. The van der Waals surface area contributed by atoms with E-state index in [0.29, 0.717) is 17.4 Å². The number of aromatic nitrogens is 1. The SMILES string of the molecule is CCOc1ccc2[nH]c3c(c2c1)CCNC3c1ccc(OC)c(Cl)c1. The van der Waals surface area contributed by atoms with Gasteiger partial charge in [-0.1, -0.05) is 17.7 Å². The fourth-order valence-corrected chi connectivity index (χ4v) is 3.88. The lowest BCUT2D eigenvalue weighted by molar-refractivity contribution is 0.340. The highest BCUT2D eigenvalue weighted by Gasteiger charge is 2.26. The Kier molecular flexibility index (Phi) is 4.32. The van der Waals surface area contributed by atoms with E-state index in [1.807, 2.05) is 25.1 Å². The largest absolute Gasteiger partial charge is 0.495 e. The third-order valence-corrected chi connectivity index (χ3v) is 5.04. The lowest BCUT2D eigenvalue weighted by Gasteiger charge is -2.25. The van der Waals surface area contributed by atoms with Gasteiger partial charge in [0.25, 0.3) is 0 Å². The normalized spacial score (nSPS) is 16.7. The molecule has 2 heterocycles. The van der Waals surface area contributed by atoms with E-state index < -0.39 is 0 Å². The topological polar surface area (TPSA) is 46.3 Å². The Morgan fingerprint density at radius 2 is 2.08 bits per heavy atom. The highest BCUT2D eigenvalue weighted by Crippen LogP contribution is 2.37. The van der Waals surface area contributed by atoms with Gasteiger partial charge >= 0.3 is 0 Å². The van der Waals surface area contributed by atoms with Crippen LogP contribution in [0.1, 0.15) is 29.8 Å². The van der Waals surface area contributed by atoms with Crippen molar-refractivity contribution >= 4 is 22.5 Å². The molecule has 2 aromatic carbocycles. The smallest absolute Gasteiger partial charge is 0.137 e. The van der Waals surface area contributed by atoms with E-state index in [2.05, 4.69) is 28.5 Å². The van der Waals surface area contributed by atoms with E-state index in [9.17, 15) is 0 Å². The van der Waals surface area contributed by atoms with Crippen molar-refractivity contribution in [1.82, 2.24) is 10.3 Å². The second kappa shape index (κ2) is 6.62. The molecule has 0 spiro atoms. The van der Waals surface area contributed by atoms with Gasteiger partial charge in [-0.2, -0.15) is 0 Å². The summed E-state index contributed by atoms with van der Waals surface area (Å²) in [7, 11) is 1.63. The Hall–Kier alpha value is -2.17. The first kappa shape index (κ1) is 16.3. The molecule has 0 aliphatic carbocycles. The second-order valence-electron chi connectivity index (χ2n) is 6.19. The second-order valence-corrected chi connectivity index (χ2v) is 6.60. The number of halogens is 1. The van der Waals surface area contributed by atoms with Crippen LogP contribution in [0.3, 0.4) is 0 Å². The molecule has 4 rings (SSSR count). The van der Waals surface area contributed by atoms with Gasteiger partial charge in [0.1, 0.15) is 11.5 Å². The lowest BCUT2D eigenvalue weighted by Crippen LogP contribution is -2.30. The third kappa shape index (κ3) is 2.86. The minimum atomic E-state index is 0.0927. The maximum Gasteiger partial charge on any atom is 0.137 e. The van der Waals surface area contributed by atoms with Gasteiger partial charge in [-0.3, -0.25) is 0 Å². The molecule has 4 nitrogen and oxygen atoms in total. The number of hydrogen-bond acceptors (Lipinski definition) is 3. The highest BCUT2D eigenvalue weighted by atomic mass is 35.5. The molecule has 0 bridgehead atoms. The average Bonchev–Trinajstić information content (AvgIpc) is 3.00. The van der Waals surface area contributed by atoms with Crippen LogP contribution in [0.15, 0.2) is 36.4 Å². The predicted octanol–water partition coefficient (Wildman–Crippen LogP) is 4.46. The van der Waals surface area contributed by atoms with Crippen LogP contribution in [-0.4, -0.2) is 25.2 Å². The van der Waals surface area contributed by atoms with Crippen molar-refractivity contribution in [1.29, 1.82) is 0 Å². The molecule has 0 saturated carbocycles. The molecule has 0 radical (unpaired) electrons. The monoisotopic (exact) mass is 356 g/mol. The van der Waals surface area contributed by atoms with E-state index in [0.717, 1.165) is 29.8 Å². The molecular weight excluding hydrogens is 336 g/mol. The fourth-order valence-electron chi connectivity index (χ4n) is 3.61. The zero-order valence-corrected chi connectivity index (χ0v) is 15.1. The summed E-state index contributed by atoms with van der Waals surface area (Å²) < 4.78 is 10.9. The van der Waals surface area contributed by atoms with Crippen LogP contribution in [0.5, 0.6) is 11.5 Å². The molecule has 1 atom stereocenters. The van der Waals surface area contributed by atoms with E-state index in [1.54, 1.807) is 7.11 Å². The quantitative estimate of drug-likeness (QED) is 0.725. The lowest BCUT2D eigenvalue weighted by atomic mass is 9.94. The number of aromatic amines is 1. The number of nitrogens with one attached hydrogen (secondary N) is 2. The van der Waals surface area contributed by atoms with Crippen LogP contribution in [-0.2, 0) is 6.42 Å². The maximum absolute atomic E-state index is 6.33. The molecule has 25 heavy (non-hydrogen) atoms. The molecule has 1 aromatic heterocycles. The van der Waals surface area contributed by atoms with Gasteiger partial charge in [-0.15, -0.1) is 0 Å². The molecule has 0 saturated heterocycles. The molecule has 0 fully saturated rings. The summed E-state index contributed by atoms with van der Waals surface area (Å²) in [6.07, 6.45) is 0.991. The molecular formula is C20H21ClN2O2. The first-order valence-electron chi connectivity index (χ1n) is 8.55. The van der Waals surface area contributed by atoms with Crippen LogP contribution in [0.4, 0.5) is 0 Å². The van der Waals surface area contributed by atoms with Gasteiger partial charge in [-0.25, -0.2) is 0 Å². The summed E-state index contributed by atoms with van der Waals surface area (Å²) in [5.41, 5.74) is 4.83. The Morgan fingerprint density at radius 3 is 2.84 bits per heavy atom. The molecule has 1 aliphatic heterocycles. The first-order valence-corrected chi connectivity index (χ1v) is 8.93. The van der Waals surface area contributed by atoms with Crippen molar-refractivity contribution in [3.05, 3.63) is 58.2 Å². The number of methoxy groups -OCH3 is 1. The number of benzene rings is 2. The molecule has 1 unspecified atom stereocenters. The van der Waals surface area contributed by atoms with E-state index in [1.165, 1.54) is 16.6 Å². The van der Waals surface area contributed by atoms with Gasteiger partial charge in [0.15, 0.2) is 0 Å². The van der Waals surface area contributed by atoms with E-state index in [-0.39, 0.29) is 6.04 Å². The number of rotatable bonds is 4. The highest BCUT2D eigenvalue weighted by molar-refractivity contribution is 6.32. The van der Waals surface area contributed by atoms with Crippen LogP contribution in [0, 0.1) is 0 Å². The minimum Gasteiger partial charge on any atom is -0.495 e. The number of ether oxygens (including phenoxy) is 2. The predicted molar refractivity (Wildman–Crippen MR) is 101 cm³/mol. The van der Waals surface area contributed by atoms with Crippen molar-refractivity contribution in [3.63, 3.8) is 0 Å². The Bertz CT molecular complexity index is 919. The zero-order chi connectivity index (χ0) is 17.4. The molecule has 2 N–H and O–H groups in total. The van der Waals surface area contributed by atoms with E-state index >= 15 is 0 Å². The number of H-pyrrole nitrogens is 1. The Labute approximate surface area is 152 Å². The third-order valence-electron chi connectivity index (χ3n) is 4.74. The van der Waals surface area contributed by atoms with Gasteiger partial charge in [-0.05, 0) is 54.8 Å². The molecule has 130 valence electrons. The summed E-state index contributed by atoms with van der Waals surface area (Å²) in [5, 5.41) is 5.47.